The van der Waals surface area contributed by atoms with Gasteiger partial charge in [0.25, 0.3) is 0 Å². The number of anilines is 1. The summed E-state index contributed by atoms with van der Waals surface area (Å²) in [6.45, 7) is 3.51. The molecule has 1 aliphatic rings. The van der Waals surface area contributed by atoms with Gasteiger partial charge in [-0.3, -0.25) is 9.59 Å². The average molecular weight is 341 g/mol. The van der Waals surface area contributed by atoms with E-state index < -0.39 is 0 Å². The number of carbonyl (C=O) groups is 1. The Hall–Kier alpha value is -2.76. The summed E-state index contributed by atoms with van der Waals surface area (Å²) in [6, 6.07) is 13.0. The fraction of sp³-hybridized carbons (Fsp3) is 0.368. The van der Waals surface area contributed by atoms with E-state index in [-0.39, 0.29) is 11.5 Å². The van der Waals surface area contributed by atoms with Crippen molar-refractivity contribution in [1.29, 1.82) is 0 Å². The van der Waals surface area contributed by atoms with Crippen molar-refractivity contribution in [2.75, 3.05) is 37.7 Å². The first-order valence-electron chi connectivity index (χ1n) is 8.62. The molecule has 0 unspecified atom stereocenters. The van der Waals surface area contributed by atoms with Crippen LogP contribution in [-0.2, 0) is 4.79 Å². The van der Waals surface area contributed by atoms with Crippen LogP contribution in [0.15, 0.2) is 53.5 Å². The number of ether oxygens (including phenoxy) is 1. The van der Waals surface area contributed by atoms with Gasteiger partial charge in [0.1, 0.15) is 5.75 Å². The maximum absolute atomic E-state index is 12.3. The largest absolute Gasteiger partial charge is 0.494 e. The Morgan fingerprint density at radius 3 is 2.48 bits per heavy atom. The highest BCUT2D eigenvalue weighted by atomic mass is 16.5. The lowest BCUT2D eigenvalue weighted by molar-refractivity contribution is -0.131. The van der Waals surface area contributed by atoms with Crippen molar-refractivity contribution in [2.24, 2.45) is 0 Å². The monoisotopic (exact) mass is 341 g/mol. The lowest BCUT2D eigenvalue weighted by Gasteiger charge is -2.36. The zero-order valence-corrected chi connectivity index (χ0v) is 14.2. The smallest absolute Gasteiger partial charge is 0.248 e. The number of amides is 1. The van der Waals surface area contributed by atoms with Crippen LogP contribution in [0.5, 0.6) is 5.75 Å². The number of piperazine rings is 1. The number of carbonyl (C=O) groups excluding carboxylic acids is 1. The molecule has 0 saturated carbocycles. The molecule has 1 aliphatic heterocycles. The van der Waals surface area contributed by atoms with Crippen molar-refractivity contribution in [2.45, 2.75) is 12.8 Å². The highest BCUT2D eigenvalue weighted by molar-refractivity contribution is 5.76. The van der Waals surface area contributed by atoms with Gasteiger partial charge >= 0.3 is 0 Å². The van der Waals surface area contributed by atoms with Crippen molar-refractivity contribution >= 4 is 11.6 Å². The van der Waals surface area contributed by atoms with Gasteiger partial charge in [-0.15, -0.1) is 0 Å². The molecular formula is C19H23N3O3. The maximum atomic E-state index is 12.3. The fourth-order valence-corrected chi connectivity index (χ4v) is 2.90. The van der Waals surface area contributed by atoms with E-state index in [0.29, 0.717) is 32.5 Å². The zero-order chi connectivity index (χ0) is 17.5. The van der Waals surface area contributed by atoms with Crippen molar-refractivity contribution < 1.29 is 9.53 Å². The molecule has 1 aromatic heterocycles. The van der Waals surface area contributed by atoms with Gasteiger partial charge in [0.15, 0.2) is 0 Å². The number of hydrogen-bond donors (Lipinski definition) is 1. The Bertz CT molecular complexity index is 717. The van der Waals surface area contributed by atoms with E-state index >= 15 is 0 Å². The van der Waals surface area contributed by atoms with Crippen LogP contribution < -0.4 is 15.2 Å². The van der Waals surface area contributed by atoms with Crippen LogP contribution >= 0.6 is 0 Å². The maximum Gasteiger partial charge on any atom is 0.248 e. The summed E-state index contributed by atoms with van der Waals surface area (Å²) in [5.74, 6) is 1.02. The van der Waals surface area contributed by atoms with Crippen LogP contribution in [0.3, 0.4) is 0 Å². The van der Waals surface area contributed by atoms with E-state index in [1.54, 1.807) is 6.20 Å². The fourth-order valence-electron chi connectivity index (χ4n) is 2.90. The molecule has 1 amide bonds. The van der Waals surface area contributed by atoms with E-state index in [1.807, 2.05) is 41.3 Å². The molecule has 6 heteroatoms. The number of aromatic nitrogens is 1. The van der Waals surface area contributed by atoms with Gasteiger partial charge in [-0.2, -0.15) is 0 Å². The molecule has 2 aromatic rings. The average Bonchev–Trinajstić information content (AvgIpc) is 2.67. The summed E-state index contributed by atoms with van der Waals surface area (Å²) >= 11 is 0. The molecule has 0 aliphatic carbocycles. The highest BCUT2D eigenvalue weighted by Gasteiger charge is 2.20. The standard InChI is InChI=1S/C19H23N3O3/c23-18-9-8-16(15-20-18)21-10-12-22(13-11-21)19(24)7-4-14-25-17-5-2-1-3-6-17/h1-3,5-6,8-9,15H,4,7,10-14H2,(H,20,23). The molecular weight excluding hydrogens is 318 g/mol. The molecule has 25 heavy (non-hydrogen) atoms. The number of benzene rings is 1. The molecule has 1 fully saturated rings. The Morgan fingerprint density at radius 1 is 1.04 bits per heavy atom. The summed E-state index contributed by atoms with van der Waals surface area (Å²) in [6.07, 6.45) is 2.94. The number of nitrogens with one attached hydrogen (secondary N) is 1. The summed E-state index contributed by atoms with van der Waals surface area (Å²) in [4.78, 5) is 30.2. The molecule has 0 bridgehead atoms. The number of hydrogen-bond acceptors (Lipinski definition) is 4. The van der Waals surface area contributed by atoms with E-state index in [0.717, 1.165) is 24.5 Å². The van der Waals surface area contributed by atoms with Gasteiger partial charge in [0.2, 0.25) is 11.5 Å². The molecule has 1 N–H and O–H groups in total. The van der Waals surface area contributed by atoms with Crippen LogP contribution in [0.4, 0.5) is 5.69 Å². The minimum absolute atomic E-state index is 0.102. The molecule has 1 saturated heterocycles. The number of pyridine rings is 1. The summed E-state index contributed by atoms with van der Waals surface area (Å²) < 4.78 is 5.62. The molecule has 0 atom stereocenters. The van der Waals surface area contributed by atoms with Gasteiger partial charge in [0, 0.05) is 44.9 Å². The summed E-state index contributed by atoms with van der Waals surface area (Å²) in [5, 5.41) is 0. The van der Waals surface area contributed by atoms with Gasteiger partial charge in [-0.05, 0) is 24.6 Å². The quantitative estimate of drug-likeness (QED) is 0.815. The second kappa shape index (κ2) is 8.37. The molecule has 0 radical (unpaired) electrons. The third-order valence-electron chi connectivity index (χ3n) is 4.31. The second-order valence-corrected chi connectivity index (χ2v) is 6.04. The van der Waals surface area contributed by atoms with Crippen molar-refractivity contribution in [3.05, 3.63) is 59.0 Å². The van der Waals surface area contributed by atoms with Crippen molar-refractivity contribution in [3.63, 3.8) is 0 Å². The third-order valence-corrected chi connectivity index (χ3v) is 4.31. The topological polar surface area (TPSA) is 65.6 Å². The lowest BCUT2D eigenvalue weighted by Crippen LogP contribution is -2.48. The molecule has 3 rings (SSSR count). The van der Waals surface area contributed by atoms with E-state index in [2.05, 4.69) is 9.88 Å². The van der Waals surface area contributed by atoms with Crippen molar-refractivity contribution in [1.82, 2.24) is 9.88 Å². The molecule has 2 heterocycles. The predicted molar refractivity (Wildman–Crippen MR) is 97.0 cm³/mol. The van der Waals surface area contributed by atoms with Gasteiger partial charge < -0.3 is 19.5 Å². The van der Waals surface area contributed by atoms with Crippen LogP contribution in [0.1, 0.15) is 12.8 Å². The number of rotatable bonds is 6. The summed E-state index contributed by atoms with van der Waals surface area (Å²) in [7, 11) is 0. The Kier molecular flexibility index (Phi) is 5.72. The van der Waals surface area contributed by atoms with Crippen LogP contribution in [0.25, 0.3) is 0 Å². The first kappa shape index (κ1) is 17.1. The van der Waals surface area contributed by atoms with Gasteiger partial charge in [-0.25, -0.2) is 0 Å². The Balaban J connectivity index is 1.38. The third kappa shape index (κ3) is 4.86. The minimum Gasteiger partial charge on any atom is -0.494 e. The number of para-hydroxylation sites is 1. The van der Waals surface area contributed by atoms with E-state index in [4.69, 9.17) is 4.74 Å². The molecule has 1 aromatic carbocycles. The van der Waals surface area contributed by atoms with E-state index in [1.165, 1.54) is 6.07 Å². The van der Waals surface area contributed by atoms with Crippen LogP contribution in [0.2, 0.25) is 0 Å². The number of H-pyrrole nitrogens is 1. The molecule has 0 spiro atoms. The molecule has 6 nitrogen and oxygen atoms in total. The Labute approximate surface area is 147 Å². The predicted octanol–water partition coefficient (Wildman–Crippen LogP) is 1.88. The second-order valence-electron chi connectivity index (χ2n) is 6.04. The number of nitrogens with zero attached hydrogens (tertiary/aromatic N) is 2. The minimum atomic E-state index is -0.102. The first-order valence-corrected chi connectivity index (χ1v) is 8.62. The summed E-state index contributed by atoms with van der Waals surface area (Å²) in [5.41, 5.74) is 0.887. The van der Waals surface area contributed by atoms with E-state index in [9.17, 15) is 9.59 Å². The molecule has 132 valence electrons. The van der Waals surface area contributed by atoms with Crippen LogP contribution in [-0.4, -0.2) is 48.6 Å². The van der Waals surface area contributed by atoms with Crippen molar-refractivity contribution in [3.8, 4) is 5.75 Å². The van der Waals surface area contributed by atoms with Crippen LogP contribution in [0, 0.1) is 0 Å². The van der Waals surface area contributed by atoms with Gasteiger partial charge in [-0.1, -0.05) is 18.2 Å². The zero-order valence-electron chi connectivity index (χ0n) is 14.2. The SMILES string of the molecule is O=C(CCCOc1ccccc1)N1CCN(c2ccc(=O)[nH]c2)CC1. The Morgan fingerprint density at radius 2 is 1.80 bits per heavy atom. The highest BCUT2D eigenvalue weighted by Crippen LogP contribution is 2.14. The lowest BCUT2D eigenvalue weighted by atomic mass is 10.2. The first-order chi connectivity index (χ1) is 12.2. The normalized spacial score (nSPS) is 14.4. The number of aromatic amines is 1. The van der Waals surface area contributed by atoms with Gasteiger partial charge in [0.05, 0.1) is 12.3 Å².